The van der Waals surface area contributed by atoms with Crippen molar-refractivity contribution in [3.8, 4) is 0 Å². The Morgan fingerprint density at radius 2 is 2.26 bits per heavy atom. The lowest BCUT2D eigenvalue weighted by molar-refractivity contribution is -0.0408. The number of rotatable bonds is 4. The quantitative estimate of drug-likeness (QED) is 0.725. The minimum atomic E-state index is 0.146. The molecule has 0 radical (unpaired) electrons. The number of imidazole rings is 1. The van der Waals surface area contributed by atoms with Gasteiger partial charge in [-0.25, -0.2) is 14.6 Å². The molecule has 1 saturated heterocycles. The molecule has 0 spiro atoms. The Morgan fingerprint density at radius 1 is 1.35 bits per heavy atom. The van der Waals surface area contributed by atoms with Crippen LogP contribution in [-0.2, 0) is 17.8 Å². The van der Waals surface area contributed by atoms with Crippen LogP contribution in [0.25, 0.3) is 4.96 Å². The van der Waals surface area contributed by atoms with Gasteiger partial charge in [-0.3, -0.25) is 9.30 Å². The number of fused-ring (bicyclic) bond motifs is 1. The van der Waals surface area contributed by atoms with Crippen molar-refractivity contribution in [3.05, 3.63) is 35.1 Å². The summed E-state index contributed by atoms with van der Waals surface area (Å²) in [6, 6.07) is 0. The molecule has 4 heterocycles. The van der Waals surface area contributed by atoms with Crippen LogP contribution in [-0.4, -0.2) is 54.8 Å². The number of nitrogens with zero attached hydrogens (tertiary/aromatic N) is 6. The van der Waals surface area contributed by atoms with Crippen LogP contribution in [0.3, 0.4) is 0 Å². The van der Waals surface area contributed by atoms with E-state index < -0.39 is 0 Å². The number of thiazole rings is 1. The van der Waals surface area contributed by atoms with Crippen molar-refractivity contribution in [1.29, 1.82) is 0 Å². The summed E-state index contributed by atoms with van der Waals surface area (Å²) in [5.74, 6) is 1.76. The molecule has 1 atom stereocenters. The Labute approximate surface area is 138 Å². The molecule has 8 heteroatoms. The molecule has 4 rings (SSSR count). The molecule has 0 unspecified atom stereocenters. The van der Waals surface area contributed by atoms with Crippen molar-refractivity contribution in [2.75, 3.05) is 19.7 Å². The molecule has 0 saturated carbocycles. The van der Waals surface area contributed by atoms with E-state index in [4.69, 9.17) is 4.74 Å². The van der Waals surface area contributed by atoms with Gasteiger partial charge in [-0.05, 0) is 13.8 Å². The first-order valence-electron chi connectivity index (χ1n) is 7.80. The number of ether oxygens (including phenoxy) is 1. The zero-order valence-corrected chi connectivity index (χ0v) is 14.2. The van der Waals surface area contributed by atoms with Crippen LogP contribution in [0.15, 0.2) is 17.8 Å². The number of aryl methyl sites for hydroxylation is 2. The van der Waals surface area contributed by atoms with Gasteiger partial charge in [0, 0.05) is 37.4 Å². The van der Waals surface area contributed by atoms with Crippen LogP contribution in [0.1, 0.15) is 17.3 Å². The molecule has 122 valence electrons. The molecular formula is C15H20N6OS. The standard InChI is InChI=1S/C15H20N6OS/c1-11-16-12(2)21(18-11)10-14-9-19(3-5-22-14)7-13-8-20-4-6-23-15(20)17-13/h4,6,8,14H,3,5,7,9-10H2,1-2H3/t14-/m1/s1. The van der Waals surface area contributed by atoms with E-state index in [2.05, 4.69) is 42.1 Å². The van der Waals surface area contributed by atoms with Gasteiger partial charge in [0.25, 0.3) is 0 Å². The summed E-state index contributed by atoms with van der Waals surface area (Å²) in [4.78, 5) is 12.5. The maximum absolute atomic E-state index is 5.90. The Kier molecular flexibility index (Phi) is 3.88. The smallest absolute Gasteiger partial charge is 0.193 e. The second kappa shape index (κ2) is 6.03. The lowest BCUT2D eigenvalue weighted by Crippen LogP contribution is -2.44. The minimum Gasteiger partial charge on any atom is -0.374 e. The summed E-state index contributed by atoms with van der Waals surface area (Å²) < 4.78 is 9.93. The van der Waals surface area contributed by atoms with Crippen LogP contribution in [0.4, 0.5) is 0 Å². The maximum Gasteiger partial charge on any atom is 0.193 e. The largest absolute Gasteiger partial charge is 0.374 e. The van der Waals surface area contributed by atoms with Gasteiger partial charge in [0.05, 0.1) is 24.9 Å². The maximum atomic E-state index is 5.90. The summed E-state index contributed by atoms with van der Waals surface area (Å²) >= 11 is 1.67. The fourth-order valence-corrected chi connectivity index (χ4v) is 3.76. The van der Waals surface area contributed by atoms with E-state index >= 15 is 0 Å². The number of hydrogen-bond donors (Lipinski definition) is 0. The SMILES string of the molecule is Cc1nc(C)n(C[C@H]2CN(Cc3cn4ccsc4n3)CCO2)n1. The lowest BCUT2D eigenvalue weighted by atomic mass is 10.2. The first-order chi connectivity index (χ1) is 11.2. The molecule has 0 aromatic carbocycles. The molecule has 3 aromatic rings. The Balaban J connectivity index is 1.40. The van der Waals surface area contributed by atoms with Crippen molar-refractivity contribution >= 4 is 16.3 Å². The number of hydrogen-bond acceptors (Lipinski definition) is 6. The van der Waals surface area contributed by atoms with E-state index in [1.165, 1.54) is 0 Å². The average molecular weight is 332 g/mol. The molecule has 23 heavy (non-hydrogen) atoms. The second-order valence-electron chi connectivity index (χ2n) is 5.94. The second-order valence-corrected chi connectivity index (χ2v) is 6.81. The lowest BCUT2D eigenvalue weighted by Gasteiger charge is -2.32. The third-order valence-corrected chi connectivity index (χ3v) is 4.86. The topological polar surface area (TPSA) is 60.5 Å². The molecule has 1 aliphatic rings. The predicted molar refractivity (Wildman–Crippen MR) is 87.6 cm³/mol. The average Bonchev–Trinajstić information content (AvgIpc) is 3.15. The van der Waals surface area contributed by atoms with E-state index in [1.807, 2.05) is 18.5 Å². The molecular weight excluding hydrogens is 312 g/mol. The molecule has 1 fully saturated rings. The summed E-state index contributed by atoms with van der Waals surface area (Å²) in [5.41, 5.74) is 1.12. The Morgan fingerprint density at radius 3 is 3.04 bits per heavy atom. The van der Waals surface area contributed by atoms with Crippen LogP contribution >= 0.6 is 11.3 Å². The molecule has 7 nitrogen and oxygen atoms in total. The van der Waals surface area contributed by atoms with Crippen LogP contribution < -0.4 is 0 Å². The van der Waals surface area contributed by atoms with Crippen LogP contribution in [0.5, 0.6) is 0 Å². The zero-order valence-electron chi connectivity index (χ0n) is 13.3. The van der Waals surface area contributed by atoms with Gasteiger partial charge in [-0.1, -0.05) is 0 Å². The highest BCUT2D eigenvalue weighted by Gasteiger charge is 2.22. The van der Waals surface area contributed by atoms with Crippen molar-refractivity contribution < 1.29 is 4.74 Å². The minimum absolute atomic E-state index is 0.146. The van der Waals surface area contributed by atoms with Crippen LogP contribution in [0, 0.1) is 13.8 Å². The van der Waals surface area contributed by atoms with Crippen molar-refractivity contribution in [2.24, 2.45) is 0 Å². The zero-order chi connectivity index (χ0) is 15.8. The molecule has 3 aromatic heterocycles. The van der Waals surface area contributed by atoms with Gasteiger partial charge in [-0.2, -0.15) is 5.10 Å². The third-order valence-electron chi connectivity index (χ3n) is 4.09. The fourth-order valence-electron chi connectivity index (χ4n) is 3.04. The predicted octanol–water partition coefficient (Wildman–Crippen LogP) is 1.51. The normalized spacial score (nSPS) is 19.7. The number of aromatic nitrogens is 5. The first-order valence-corrected chi connectivity index (χ1v) is 8.68. The highest BCUT2D eigenvalue weighted by atomic mass is 32.1. The third kappa shape index (κ3) is 3.15. The van der Waals surface area contributed by atoms with Crippen molar-refractivity contribution in [2.45, 2.75) is 33.0 Å². The van der Waals surface area contributed by atoms with Gasteiger partial charge in [0.2, 0.25) is 0 Å². The van der Waals surface area contributed by atoms with Gasteiger partial charge < -0.3 is 4.74 Å². The van der Waals surface area contributed by atoms with Crippen molar-refractivity contribution in [3.63, 3.8) is 0 Å². The summed E-state index contributed by atoms with van der Waals surface area (Å²) in [6.45, 7) is 8.10. The summed E-state index contributed by atoms with van der Waals surface area (Å²) in [5, 5.41) is 6.48. The number of morpholine rings is 1. The summed E-state index contributed by atoms with van der Waals surface area (Å²) in [7, 11) is 0. The van der Waals surface area contributed by atoms with E-state index in [9.17, 15) is 0 Å². The highest BCUT2D eigenvalue weighted by molar-refractivity contribution is 7.15. The van der Waals surface area contributed by atoms with E-state index in [0.29, 0.717) is 0 Å². The molecule has 0 bridgehead atoms. The van der Waals surface area contributed by atoms with Gasteiger partial charge >= 0.3 is 0 Å². The monoisotopic (exact) mass is 332 g/mol. The highest BCUT2D eigenvalue weighted by Crippen LogP contribution is 2.15. The Hall–Kier alpha value is -1.77. The van der Waals surface area contributed by atoms with Gasteiger partial charge in [-0.15, -0.1) is 11.3 Å². The molecule has 0 N–H and O–H groups in total. The van der Waals surface area contributed by atoms with Gasteiger partial charge in [0.1, 0.15) is 11.6 Å². The van der Waals surface area contributed by atoms with Gasteiger partial charge in [0.15, 0.2) is 4.96 Å². The van der Waals surface area contributed by atoms with Crippen molar-refractivity contribution in [1.82, 2.24) is 29.0 Å². The first kappa shape index (κ1) is 14.8. The van der Waals surface area contributed by atoms with E-state index in [0.717, 1.165) is 55.1 Å². The molecule has 0 aliphatic carbocycles. The molecule has 1 aliphatic heterocycles. The van der Waals surface area contributed by atoms with E-state index in [1.54, 1.807) is 11.3 Å². The summed E-state index contributed by atoms with van der Waals surface area (Å²) in [6.07, 6.45) is 4.31. The fraction of sp³-hybridized carbons (Fsp3) is 0.533. The van der Waals surface area contributed by atoms with E-state index in [-0.39, 0.29) is 6.10 Å². The Bertz CT molecular complexity index is 777. The van der Waals surface area contributed by atoms with Crippen LogP contribution in [0.2, 0.25) is 0 Å². The molecule has 0 amide bonds.